The number of hydrogen-bond acceptors (Lipinski definition) is 4. The molecule has 0 saturated carbocycles. The zero-order valence-corrected chi connectivity index (χ0v) is 8.49. The van der Waals surface area contributed by atoms with E-state index in [1.54, 1.807) is 0 Å². The van der Waals surface area contributed by atoms with Crippen molar-refractivity contribution in [1.29, 1.82) is 0 Å². The molecule has 2 rings (SSSR count). The zero-order valence-electron chi connectivity index (χ0n) is 7.68. The van der Waals surface area contributed by atoms with Crippen LogP contribution in [0.2, 0.25) is 0 Å². The summed E-state index contributed by atoms with van der Waals surface area (Å²) in [5, 5.41) is 9.40. The van der Waals surface area contributed by atoms with Crippen molar-refractivity contribution < 1.29 is 5.11 Å². The summed E-state index contributed by atoms with van der Waals surface area (Å²) in [4.78, 5) is 18.5. The number of nitrogens with zero attached hydrogens (tertiary/aromatic N) is 1. The van der Waals surface area contributed by atoms with E-state index in [9.17, 15) is 9.90 Å². The number of benzene rings is 1. The monoisotopic (exact) mass is 220 g/mol. The normalized spacial score (nSPS) is 10.1. The van der Waals surface area contributed by atoms with Gasteiger partial charge >= 0.3 is 0 Å². The molecule has 0 amide bonds. The summed E-state index contributed by atoms with van der Waals surface area (Å²) < 4.78 is 0. The molecule has 2 N–H and O–H groups in total. The molecule has 1 heterocycles. The van der Waals surface area contributed by atoms with Gasteiger partial charge in [-0.25, -0.2) is 4.98 Å². The molecular formula is C10H8N2O2S. The topological polar surface area (TPSA) is 66.0 Å². The summed E-state index contributed by atoms with van der Waals surface area (Å²) in [6.45, 7) is 0. The van der Waals surface area contributed by atoms with Crippen molar-refractivity contribution in [2.75, 3.05) is 0 Å². The largest absolute Gasteiger partial charge is 0.492 e. The van der Waals surface area contributed by atoms with Crippen LogP contribution in [0.4, 0.5) is 0 Å². The Kier molecular flexibility index (Phi) is 2.73. The number of H-pyrrole nitrogens is 1. The highest BCUT2D eigenvalue weighted by atomic mass is 32.2. The molecule has 0 radical (unpaired) electrons. The highest BCUT2D eigenvalue weighted by molar-refractivity contribution is 7.99. The molecule has 1 aromatic heterocycles. The van der Waals surface area contributed by atoms with Gasteiger partial charge in [0.05, 0.1) is 6.33 Å². The van der Waals surface area contributed by atoms with Gasteiger partial charge < -0.3 is 10.1 Å². The van der Waals surface area contributed by atoms with Crippen LogP contribution in [0.1, 0.15) is 0 Å². The van der Waals surface area contributed by atoms with Crippen molar-refractivity contribution in [3.63, 3.8) is 0 Å². The summed E-state index contributed by atoms with van der Waals surface area (Å²) >= 11 is 1.18. The van der Waals surface area contributed by atoms with Gasteiger partial charge in [0.15, 0.2) is 0 Å². The van der Waals surface area contributed by atoms with E-state index in [-0.39, 0.29) is 16.3 Å². The number of aromatic amines is 1. The zero-order chi connectivity index (χ0) is 10.7. The SMILES string of the molecule is O=c1[nH]cnc(O)c1Sc1ccccc1. The van der Waals surface area contributed by atoms with Crippen molar-refractivity contribution in [2.24, 2.45) is 0 Å². The van der Waals surface area contributed by atoms with Crippen LogP contribution in [0, 0.1) is 0 Å². The number of rotatable bonds is 2. The Labute approximate surface area is 90.0 Å². The molecule has 0 atom stereocenters. The van der Waals surface area contributed by atoms with Gasteiger partial charge in [-0.15, -0.1) is 0 Å². The van der Waals surface area contributed by atoms with E-state index in [2.05, 4.69) is 9.97 Å². The van der Waals surface area contributed by atoms with Gasteiger partial charge in [-0.2, -0.15) is 0 Å². The Bertz CT molecular complexity index is 510. The van der Waals surface area contributed by atoms with Crippen LogP contribution in [-0.4, -0.2) is 15.1 Å². The number of nitrogens with one attached hydrogen (secondary N) is 1. The molecule has 2 aromatic rings. The van der Waals surface area contributed by atoms with Crippen LogP contribution in [-0.2, 0) is 0 Å². The maximum atomic E-state index is 11.4. The molecule has 4 nitrogen and oxygen atoms in total. The third-order valence-electron chi connectivity index (χ3n) is 1.75. The van der Waals surface area contributed by atoms with Crippen molar-refractivity contribution in [3.8, 4) is 5.88 Å². The second-order valence-corrected chi connectivity index (χ2v) is 3.88. The van der Waals surface area contributed by atoms with Gasteiger partial charge in [-0.3, -0.25) is 4.79 Å². The maximum absolute atomic E-state index is 11.4. The summed E-state index contributed by atoms with van der Waals surface area (Å²) in [7, 11) is 0. The third kappa shape index (κ3) is 2.19. The van der Waals surface area contributed by atoms with Gasteiger partial charge in [-0.1, -0.05) is 30.0 Å². The predicted molar refractivity (Wildman–Crippen MR) is 57.1 cm³/mol. The predicted octanol–water partition coefficient (Wildman–Crippen LogP) is 1.63. The molecule has 0 unspecified atom stereocenters. The lowest BCUT2D eigenvalue weighted by Crippen LogP contribution is -2.08. The van der Waals surface area contributed by atoms with Gasteiger partial charge in [0.2, 0.25) is 5.88 Å². The van der Waals surface area contributed by atoms with E-state index >= 15 is 0 Å². The summed E-state index contributed by atoms with van der Waals surface area (Å²) in [6, 6.07) is 9.33. The fourth-order valence-corrected chi connectivity index (χ4v) is 1.90. The Morgan fingerprint density at radius 2 is 2.00 bits per heavy atom. The Morgan fingerprint density at radius 3 is 2.67 bits per heavy atom. The van der Waals surface area contributed by atoms with Crippen molar-refractivity contribution in [2.45, 2.75) is 9.79 Å². The molecule has 1 aromatic carbocycles. The van der Waals surface area contributed by atoms with Gasteiger partial charge in [0.25, 0.3) is 5.56 Å². The van der Waals surface area contributed by atoms with Gasteiger partial charge in [0.1, 0.15) is 4.90 Å². The standard InChI is InChI=1S/C10H8N2O2S/c13-9-8(10(14)12-6-11-9)15-7-4-2-1-3-5-7/h1-6H,(H2,11,12,13,14). The van der Waals surface area contributed by atoms with Crippen molar-refractivity contribution in [3.05, 3.63) is 47.0 Å². The number of aromatic hydroxyl groups is 1. The van der Waals surface area contributed by atoms with E-state index in [0.717, 1.165) is 4.90 Å². The van der Waals surface area contributed by atoms with Crippen LogP contribution < -0.4 is 5.56 Å². The van der Waals surface area contributed by atoms with Crippen LogP contribution in [0.3, 0.4) is 0 Å². The first-order chi connectivity index (χ1) is 7.27. The molecule has 0 aliphatic carbocycles. The van der Waals surface area contributed by atoms with Crippen LogP contribution in [0.25, 0.3) is 0 Å². The van der Waals surface area contributed by atoms with E-state index in [1.807, 2.05) is 30.3 Å². The molecule has 15 heavy (non-hydrogen) atoms. The second-order valence-electron chi connectivity index (χ2n) is 2.80. The highest BCUT2D eigenvalue weighted by Gasteiger charge is 2.08. The smallest absolute Gasteiger partial charge is 0.268 e. The first kappa shape index (κ1) is 9.79. The molecule has 0 saturated heterocycles. The van der Waals surface area contributed by atoms with Crippen LogP contribution in [0.5, 0.6) is 5.88 Å². The van der Waals surface area contributed by atoms with E-state index < -0.39 is 0 Å². The summed E-state index contributed by atoms with van der Waals surface area (Å²) in [5.74, 6) is -0.243. The molecule has 0 fully saturated rings. The number of hydrogen-bond donors (Lipinski definition) is 2. The highest BCUT2D eigenvalue weighted by Crippen LogP contribution is 2.28. The van der Waals surface area contributed by atoms with Crippen molar-refractivity contribution in [1.82, 2.24) is 9.97 Å². The van der Waals surface area contributed by atoms with Gasteiger partial charge in [-0.05, 0) is 12.1 Å². The lowest BCUT2D eigenvalue weighted by Gasteiger charge is -2.00. The maximum Gasteiger partial charge on any atom is 0.268 e. The molecule has 0 bridgehead atoms. The Morgan fingerprint density at radius 1 is 1.27 bits per heavy atom. The quantitative estimate of drug-likeness (QED) is 0.807. The Hall–Kier alpha value is -1.75. The summed E-state index contributed by atoms with van der Waals surface area (Å²) in [5.41, 5.74) is -0.337. The van der Waals surface area contributed by atoms with E-state index in [4.69, 9.17) is 0 Å². The van der Waals surface area contributed by atoms with Crippen molar-refractivity contribution >= 4 is 11.8 Å². The van der Waals surface area contributed by atoms with Crippen LogP contribution >= 0.6 is 11.8 Å². The minimum Gasteiger partial charge on any atom is -0.492 e. The number of aromatic nitrogens is 2. The average Bonchev–Trinajstić information content (AvgIpc) is 2.25. The first-order valence-electron chi connectivity index (χ1n) is 4.27. The molecule has 0 aliphatic rings. The second kappa shape index (κ2) is 4.18. The molecule has 76 valence electrons. The minimum absolute atomic E-state index is 0.212. The lowest BCUT2D eigenvalue weighted by molar-refractivity contribution is 0.435. The average molecular weight is 220 g/mol. The molecular weight excluding hydrogens is 212 g/mol. The molecule has 5 heteroatoms. The Balaban J connectivity index is 2.37. The van der Waals surface area contributed by atoms with E-state index in [1.165, 1.54) is 18.1 Å². The molecule has 0 aliphatic heterocycles. The fraction of sp³-hybridized carbons (Fsp3) is 0. The first-order valence-corrected chi connectivity index (χ1v) is 5.08. The van der Waals surface area contributed by atoms with E-state index in [0.29, 0.717) is 0 Å². The summed E-state index contributed by atoms with van der Waals surface area (Å²) in [6.07, 6.45) is 1.17. The molecule has 0 spiro atoms. The lowest BCUT2D eigenvalue weighted by atomic mass is 10.4. The van der Waals surface area contributed by atoms with Crippen LogP contribution in [0.15, 0.2) is 51.2 Å². The minimum atomic E-state index is -0.337. The third-order valence-corrected chi connectivity index (χ3v) is 2.83. The van der Waals surface area contributed by atoms with Gasteiger partial charge in [0, 0.05) is 4.90 Å². The fourth-order valence-electron chi connectivity index (χ4n) is 1.08.